The minimum atomic E-state index is -0.322. The number of Topliss-reactive ketones (excluding diaryl/α,β-unsaturated/α-hetero) is 1. The molecule has 0 bridgehead atoms. The summed E-state index contributed by atoms with van der Waals surface area (Å²) in [5, 5.41) is 0. The van der Waals surface area contributed by atoms with Crippen LogP contribution in [0.25, 0.3) is 11.0 Å². The van der Waals surface area contributed by atoms with Gasteiger partial charge in [0.1, 0.15) is 5.82 Å². The molecule has 0 aliphatic heterocycles. The summed E-state index contributed by atoms with van der Waals surface area (Å²) in [5.74, 6) is -0.383. The second-order valence-electron chi connectivity index (χ2n) is 6.24. The monoisotopic (exact) mass is 326 g/mol. The topological polar surface area (TPSA) is 44.0 Å². The lowest BCUT2D eigenvalue weighted by Crippen LogP contribution is -2.23. The molecule has 5 heteroatoms. The second kappa shape index (κ2) is 6.07. The van der Waals surface area contributed by atoms with Gasteiger partial charge in [0, 0.05) is 25.1 Å². The van der Waals surface area contributed by atoms with Gasteiger partial charge in [-0.15, -0.1) is 0 Å². The van der Waals surface area contributed by atoms with Crippen molar-refractivity contribution in [1.29, 1.82) is 0 Å². The number of rotatable bonds is 4. The van der Waals surface area contributed by atoms with E-state index in [1.54, 1.807) is 40.4 Å². The Hall–Kier alpha value is -2.69. The molecule has 0 amide bonds. The van der Waals surface area contributed by atoms with Gasteiger partial charge in [-0.05, 0) is 49.7 Å². The zero-order valence-corrected chi connectivity index (χ0v) is 13.9. The highest BCUT2D eigenvalue weighted by Crippen LogP contribution is 2.19. The van der Waals surface area contributed by atoms with Gasteiger partial charge in [0.05, 0.1) is 11.0 Å². The molecular formula is C19H19FN2O2. The van der Waals surface area contributed by atoms with Crippen LogP contribution in [-0.4, -0.2) is 14.9 Å². The molecule has 1 heterocycles. The molecular weight excluding hydrogens is 307 g/mol. The molecule has 0 aliphatic carbocycles. The number of imidazole rings is 1. The number of aryl methyl sites for hydroxylation is 1. The Kier molecular flexibility index (Phi) is 4.09. The number of aromatic nitrogens is 2. The van der Waals surface area contributed by atoms with Crippen molar-refractivity contribution in [3.8, 4) is 0 Å². The summed E-state index contributed by atoms with van der Waals surface area (Å²) in [6, 6.07) is 11.3. The van der Waals surface area contributed by atoms with Gasteiger partial charge in [0.2, 0.25) is 0 Å². The molecule has 3 aromatic rings. The molecule has 0 atom stereocenters. The van der Waals surface area contributed by atoms with Crippen LogP contribution in [0.4, 0.5) is 4.39 Å². The maximum atomic E-state index is 13.0. The van der Waals surface area contributed by atoms with E-state index in [2.05, 4.69) is 0 Å². The van der Waals surface area contributed by atoms with Crippen LogP contribution in [0.5, 0.6) is 0 Å². The van der Waals surface area contributed by atoms with E-state index < -0.39 is 0 Å². The van der Waals surface area contributed by atoms with E-state index >= 15 is 0 Å². The molecule has 0 saturated heterocycles. The van der Waals surface area contributed by atoms with E-state index in [4.69, 9.17) is 0 Å². The first-order valence-electron chi connectivity index (χ1n) is 7.87. The first kappa shape index (κ1) is 16.2. The number of fused-ring (bicyclic) bond motifs is 1. The molecule has 0 N–H and O–H groups in total. The van der Waals surface area contributed by atoms with E-state index in [1.807, 2.05) is 19.9 Å². The van der Waals surface area contributed by atoms with Crippen LogP contribution in [0.15, 0.2) is 47.3 Å². The first-order valence-corrected chi connectivity index (χ1v) is 7.87. The molecule has 0 unspecified atom stereocenters. The third-order valence-electron chi connectivity index (χ3n) is 4.21. The van der Waals surface area contributed by atoms with E-state index in [1.165, 1.54) is 12.1 Å². The van der Waals surface area contributed by atoms with E-state index in [0.717, 1.165) is 16.6 Å². The van der Waals surface area contributed by atoms with Crippen LogP contribution in [0, 0.1) is 5.82 Å². The zero-order chi connectivity index (χ0) is 17.4. The molecule has 124 valence electrons. The number of hydrogen-bond donors (Lipinski definition) is 0. The standard InChI is InChI=1S/C19H19FN2O2/c1-12(2)22-16-9-6-14(11-17(16)21(3)19(22)24)18(23)10-13-4-7-15(20)8-5-13/h4-9,11-12H,10H2,1-3H3. The number of hydrogen-bond acceptors (Lipinski definition) is 2. The number of ketones is 1. The minimum Gasteiger partial charge on any atom is -0.295 e. The van der Waals surface area contributed by atoms with Crippen LogP contribution < -0.4 is 5.69 Å². The number of carbonyl (C=O) groups is 1. The first-order chi connectivity index (χ1) is 11.4. The highest BCUT2D eigenvalue weighted by Gasteiger charge is 2.15. The highest BCUT2D eigenvalue weighted by molar-refractivity contribution is 6.00. The Labute approximate surface area is 139 Å². The Balaban J connectivity index is 1.99. The van der Waals surface area contributed by atoms with Gasteiger partial charge in [-0.3, -0.25) is 13.9 Å². The maximum absolute atomic E-state index is 13.0. The van der Waals surface area contributed by atoms with Gasteiger partial charge in [0.15, 0.2) is 5.78 Å². The summed E-state index contributed by atoms with van der Waals surface area (Å²) in [6.07, 6.45) is 0.199. The number of benzene rings is 2. The van der Waals surface area contributed by atoms with Crippen LogP contribution in [0.1, 0.15) is 35.8 Å². The molecule has 3 rings (SSSR count). The molecule has 0 spiro atoms. The predicted octanol–water partition coefficient (Wildman–Crippen LogP) is 3.49. The molecule has 1 aromatic heterocycles. The lowest BCUT2D eigenvalue weighted by molar-refractivity contribution is 0.0993. The third-order valence-corrected chi connectivity index (χ3v) is 4.21. The highest BCUT2D eigenvalue weighted by atomic mass is 19.1. The summed E-state index contributed by atoms with van der Waals surface area (Å²) in [6.45, 7) is 3.91. The second-order valence-corrected chi connectivity index (χ2v) is 6.24. The van der Waals surface area contributed by atoms with Crippen molar-refractivity contribution in [3.63, 3.8) is 0 Å². The average Bonchev–Trinajstić information content (AvgIpc) is 2.80. The van der Waals surface area contributed by atoms with Gasteiger partial charge in [-0.1, -0.05) is 12.1 Å². The number of carbonyl (C=O) groups excluding carboxylic acids is 1. The Morgan fingerprint density at radius 1 is 1.08 bits per heavy atom. The van der Waals surface area contributed by atoms with Crippen LogP contribution in [-0.2, 0) is 13.5 Å². The van der Waals surface area contributed by atoms with Crippen molar-refractivity contribution in [3.05, 3.63) is 69.9 Å². The van der Waals surface area contributed by atoms with Gasteiger partial charge < -0.3 is 0 Å². The SMILES string of the molecule is CC(C)n1c(=O)n(C)c2cc(C(=O)Cc3ccc(F)cc3)ccc21. The Bertz CT molecular complexity index is 965. The van der Waals surface area contributed by atoms with Crippen molar-refractivity contribution < 1.29 is 9.18 Å². The maximum Gasteiger partial charge on any atom is 0.329 e. The molecule has 24 heavy (non-hydrogen) atoms. The van der Waals surface area contributed by atoms with E-state index in [-0.39, 0.29) is 29.8 Å². The number of halogens is 1. The van der Waals surface area contributed by atoms with Crippen LogP contribution >= 0.6 is 0 Å². The molecule has 2 aromatic carbocycles. The molecule has 0 saturated carbocycles. The fraction of sp³-hybridized carbons (Fsp3) is 0.263. The number of nitrogens with zero attached hydrogens (tertiary/aromatic N) is 2. The summed E-state index contributed by atoms with van der Waals surface area (Å²) < 4.78 is 16.2. The molecule has 0 fully saturated rings. The fourth-order valence-corrected chi connectivity index (χ4v) is 2.93. The van der Waals surface area contributed by atoms with Gasteiger partial charge in [0.25, 0.3) is 0 Å². The van der Waals surface area contributed by atoms with Crippen molar-refractivity contribution in [2.45, 2.75) is 26.3 Å². The zero-order valence-electron chi connectivity index (χ0n) is 13.9. The summed E-state index contributed by atoms with van der Waals surface area (Å²) >= 11 is 0. The predicted molar refractivity (Wildman–Crippen MR) is 92.0 cm³/mol. The van der Waals surface area contributed by atoms with E-state index in [0.29, 0.717) is 5.56 Å². The molecule has 0 radical (unpaired) electrons. The summed E-state index contributed by atoms with van der Waals surface area (Å²) in [4.78, 5) is 24.8. The smallest absolute Gasteiger partial charge is 0.295 e. The van der Waals surface area contributed by atoms with Gasteiger partial charge in [-0.2, -0.15) is 0 Å². The Morgan fingerprint density at radius 3 is 2.38 bits per heavy atom. The molecule has 0 aliphatic rings. The van der Waals surface area contributed by atoms with Crippen molar-refractivity contribution in [2.75, 3.05) is 0 Å². The normalized spacial score (nSPS) is 11.4. The molecule has 4 nitrogen and oxygen atoms in total. The quantitative estimate of drug-likeness (QED) is 0.689. The fourth-order valence-electron chi connectivity index (χ4n) is 2.93. The summed E-state index contributed by atoms with van der Waals surface area (Å²) in [5.41, 5.74) is 2.76. The van der Waals surface area contributed by atoms with Gasteiger partial charge in [-0.25, -0.2) is 9.18 Å². The average molecular weight is 326 g/mol. The summed E-state index contributed by atoms with van der Waals surface area (Å²) in [7, 11) is 1.71. The van der Waals surface area contributed by atoms with Crippen molar-refractivity contribution in [1.82, 2.24) is 9.13 Å². The van der Waals surface area contributed by atoms with Crippen LogP contribution in [0.3, 0.4) is 0 Å². The minimum absolute atomic E-state index is 0.0435. The lowest BCUT2D eigenvalue weighted by atomic mass is 10.0. The third kappa shape index (κ3) is 2.77. The largest absolute Gasteiger partial charge is 0.329 e. The van der Waals surface area contributed by atoms with E-state index in [9.17, 15) is 14.0 Å². The van der Waals surface area contributed by atoms with Crippen molar-refractivity contribution in [2.24, 2.45) is 7.05 Å². The van der Waals surface area contributed by atoms with Gasteiger partial charge >= 0.3 is 5.69 Å². The Morgan fingerprint density at radius 2 is 1.75 bits per heavy atom. The van der Waals surface area contributed by atoms with Crippen LogP contribution in [0.2, 0.25) is 0 Å². The lowest BCUT2D eigenvalue weighted by Gasteiger charge is -2.07. The van der Waals surface area contributed by atoms with Crippen molar-refractivity contribution >= 4 is 16.8 Å².